The summed E-state index contributed by atoms with van der Waals surface area (Å²) in [5.41, 5.74) is 6.84. The summed E-state index contributed by atoms with van der Waals surface area (Å²) in [5, 5.41) is 10.6. The maximum Gasteiger partial charge on any atom is 0.122 e. The van der Waals surface area contributed by atoms with E-state index in [1.54, 1.807) is 0 Å². The second kappa shape index (κ2) is 7.14. The van der Waals surface area contributed by atoms with Crippen molar-refractivity contribution >= 4 is 0 Å². The van der Waals surface area contributed by atoms with E-state index in [2.05, 4.69) is 88.4 Å². The third kappa shape index (κ3) is 3.61. The molecule has 1 nitrogen and oxygen atoms in total. The lowest BCUT2D eigenvalue weighted by Crippen LogP contribution is -1.97. The molecule has 3 aromatic rings. The molecule has 0 bridgehead atoms. The van der Waals surface area contributed by atoms with E-state index in [1.165, 1.54) is 22.3 Å². The number of aromatic hydroxyl groups is 1. The minimum Gasteiger partial charge on any atom is -0.507 e. The quantitative estimate of drug-likeness (QED) is 0.547. The molecule has 0 atom stereocenters. The van der Waals surface area contributed by atoms with Crippen LogP contribution in [0.4, 0.5) is 0 Å². The Hall–Kier alpha value is -2.54. The van der Waals surface area contributed by atoms with Gasteiger partial charge in [-0.3, -0.25) is 0 Å². The second-order valence-corrected chi connectivity index (χ2v) is 7.26. The monoisotopic (exact) mass is 330 g/mol. The zero-order chi connectivity index (χ0) is 18.0. The first-order chi connectivity index (χ1) is 12.0. The summed E-state index contributed by atoms with van der Waals surface area (Å²) in [7, 11) is 0. The fraction of sp³-hybridized carbons (Fsp3) is 0.250. The van der Waals surface area contributed by atoms with Crippen molar-refractivity contribution in [1.29, 1.82) is 0 Å². The van der Waals surface area contributed by atoms with Crippen LogP contribution in [0.5, 0.6) is 5.75 Å². The number of hydrogen-bond donors (Lipinski definition) is 1. The first-order valence-electron chi connectivity index (χ1n) is 9.00. The molecule has 0 aromatic heterocycles. The fourth-order valence-electron chi connectivity index (χ4n) is 3.21. The zero-order valence-electron chi connectivity index (χ0n) is 15.5. The van der Waals surface area contributed by atoms with E-state index in [1.807, 2.05) is 6.07 Å². The third-order valence-electron chi connectivity index (χ3n) is 4.74. The van der Waals surface area contributed by atoms with Crippen molar-refractivity contribution in [3.63, 3.8) is 0 Å². The van der Waals surface area contributed by atoms with Crippen LogP contribution in [0.15, 0.2) is 66.7 Å². The van der Waals surface area contributed by atoms with Gasteiger partial charge in [-0.2, -0.15) is 0 Å². The average molecular weight is 330 g/mol. The summed E-state index contributed by atoms with van der Waals surface area (Å²) in [6.07, 6.45) is 0. The van der Waals surface area contributed by atoms with Crippen LogP contribution in [0.3, 0.4) is 0 Å². The van der Waals surface area contributed by atoms with Crippen molar-refractivity contribution in [3.05, 3.63) is 77.9 Å². The SMILES string of the molecule is CC(C)c1cc(-c2ccc(-c3ccccc3)cc2)cc(C(C)C)c1O. The van der Waals surface area contributed by atoms with Crippen molar-refractivity contribution < 1.29 is 5.11 Å². The molecule has 0 fully saturated rings. The summed E-state index contributed by atoms with van der Waals surface area (Å²) in [4.78, 5) is 0. The highest BCUT2D eigenvalue weighted by atomic mass is 16.3. The minimum absolute atomic E-state index is 0.293. The lowest BCUT2D eigenvalue weighted by atomic mass is 9.89. The van der Waals surface area contributed by atoms with Crippen LogP contribution < -0.4 is 0 Å². The number of benzene rings is 3. The highest BCUT2D eigenvalue weighted by molar-refractivity contribution is 5.72. The first kappa shape index (κ1) is 17.3. The number of phenolic OH excluding ortho intramolecular Hbond substituents is 1. The van der Waals surface area contributed by atoms with Gasteiger partial charge in [-0.25, -0.2) is 0 Å². The maximum absolute atomic E-state index is 10.6. The van der Waals surface area contributed by atoms with Gasteiger partial charge in [0.25, 0.3) is 0 Å². The molecule has 3 rings (SSSR count). The van der Waals surface area contributed by atoms with Crippen LogP contribution in [0.2, 0.25) is 0 Å². The Morgan fingerprint density at radius 2 is 0.960 bits per heavy atom. The highest BCUT2D eigenvalue weighted by Crippen LogP contribution is 2.38. The first-order valence-corrected chi connectivity index (χ1v) is 9.00. The Kier molecular flexibility index (Phi) is 4.94. The van der Waals surface area contributed by atoms with Gasteiger partial charge in [0, 0.05) is 0 Å². The van der Waals surface area contributed by atoms with E-state index in [-0.39, 0.29) is 0 Å². The molecule has 0 unspecified atom stereocenters. The van der Waals surface area contributed by atoms with E-state index in [0.717, 1.165) is 11.1 Å². The van der Waals surface area contributed by atoms with Crippen LogP contribution in [0, 0.1) is 0 Å². The van der Waals surface area contributed by atoms with Gasteiger partial charge >= 0.3 is 0 Å². The Balaban J connectivity index is 2.04. The predicted molar refractivity (Wildman–Crippen MR) is 107 cm³/mol. The van der Waals surface area contributed by atoms with Crippen molar-refractivity contribution in [2.75, 3.05) is 0 Å². The van der Waals surface area contributed by atoms with Gasteiger partial charge in [-0.05, 0) is 57.3 Å². The molecule has 1 heteroatoms. The van der Waals surface area contributed by atoms with Crippen LogP contribution in [-0.2, 0) is 0 Å². The summed E-state index contributed by atoms with van der Waals surface area (Å²) in [6, 6.07) is 23.4. The van der Waals surface area contributed by atoms with Crippen LogP contribution in [0.25, 0.3) is 22.3 Å². The molecule has 128 valence electrons. The van der Waals surface area contributed by atoms with E-state index in [4.69, 9.17) is 0 Å². The molecule has 0 aliphatic rings. The van der Waals surface area contributed by atoms with Crippen LogP contribution in [-0.4, -0.2) is 5.11 Å². The summed E-state index contributed by atoms with van der Waals surface area (Å²) in [5.74, 6) is 1.04. The topological polar surface area (TPSA) is 20.2 Å². The molecule has 0 heterocycles. The lowest BCUT2D eigenvalue weighted by Gasteiger charge is -2.18. The number of phenols is 1. The molecular formula is C24H26O. The van der Waals surface area contributed by atoms with Gasteiger partial charge in [0.1, 0.15) is 5.75 Å². The molecule has 0 aliphatic heterocycles. The van der Waals surface area contributed by atoms with Crippen molar-refractivity contribution in [3.8, 4) is 28.0 Å². The highest BCUT2D eigenvalue weighted by Gasteiger charge is 2.15. The maximum atomic E-state index is 10.6. The average Bonchev–Trinajstić information content (AvgIpc) is 2.62. The minimum atomic E-state index is 0.293. The van der Waals surface area contributed by atoms with Gasteiger partial charge in [0.2, 0.25) is 0 Å². The van der Waals surface area contributed by atoms with Gasteiger partial charge in [0.05, 0.1) is 0 Å². The predicted octanol–water partition coefficient (Wildman–Crippen LogP) is 6.97. The third-order valence-corrected chi connectivity index (χ3v) is 4.74. The van der Waals surface area contributed by atoms with Crippen molar-refractivity contribution in [2.45, 2.75) is 39.5 Å². The summed E-state index contributed by atoms with van der Waals surface area (Å²) >= 11 is 0. The molecule has 0 radical (unpaired) electrons. The molecule has 0 saturated heterocycles. The normalized spacial score (nSPS) is 11.3. The molecule has 0 spiro atoms. The molecule has 0 saturated carbocycles. The van der Waals surface area contributed by atoms with Crippen LogP contribution >= 0.6 is 0 Å². The number of hydrogen-bond acceptors (Lipinski definition) is 1. The molecule has 1 N–H and O–H groups in total. The Bertz CT molecular complexity index is 814. The fourth-order valence-corrected chi connectivity index (χ4v) is 3.21. The second-order valence-electron chi connectivity index (χ2n) is 7.26. The van der Waals surface area contributed by atoms with E-state index in [0.29, 0.717) is 17.6 Å². The van der Waals surface area contributed by atoms with Gasteiger partial charge < -0.3 is 5.11 Å². The molecule has 0 aliphatic carbocycles. The van der Waals surface area contributed by atoms with E-state index in [9.17, 15) is 5.11 Å². The standard InChI is InChI=1S/C24H26O/c1-16(2)22-14-21(15-23(17(3)4)24(22)25)20-12-10-19(11-13-20)18-8-6-5-7-9-18/h5-17,25H,1-4H3. The summed E-state index contributed by atoms with van der Waals surface area (Å²) in [6.45, 7) is 8.51. The number of rotatable bonds is 4. The largest absolute Gasteiger partial charge is 0.507 e. The van der Waals surface area contributed by atoms with Crippen LogP contribution in [0.1, 0.15) is 50.7 Å². The Morgan fingerprint density at radius 3 is 1.40 bits per heavy atom. The molecule has 3 aromatic carbocycles. The molecule has 0 amide bonds. The van der Waals surface area contributed by atoms with E-state index >= 15 is 0 Å². The van der Waals surface area contributed by atoms with Crippen molar-refractivity contribution in [2.24, 2.45) is 0 Å². The summed E-state index contributed by atoms with van der Waals surface area (Å²) < 4.78 is 0. The Labute approximate surface area is 151 Å². The molecule has 25 heavy (non-hydrogen) atoms. The van der Waals surface area contributed by atoms with Gasteiger partial charge in [-0.15, -0.1) is 0 Å². The van der Waals surface area contributed by atoms with E-state index < -0.39 is 0 Å². The van der Waals surface area contributed by atoms with Gasteiger partial charge in [-0.1, -0.05) is 82.3 Å². The van der Waals surface area contributed by atoms with Crippen molar-refractivity contribution in [1.82, 2.24) is 0 Å². The van der Waals surface area contributed by atoms with Gasteiger partial charge in [0.15, 0.2) is 0 Å². The molecular weight excluding hydrogens is 304 g/mol. The zero-order valence-corrected chi connectivity index (χ0v) is 15.5. The smallest absolute Gasteiger partial charge is 0.122 e. The Morgan fingerprint density at radius 1 is 0.560 bits per heavy atom. The lowest BCUT2D eigenvalue weighted by molar-refractivity contribution is 0.454.